The molecule has 3 rings (SSSR count). The molecule has 0 aliphatic heterocycles. The van der Waals surface area contributed by atoms with Crippen molar-refractivity contribution in [3.63, 3.8) is 0 Å². The van der Waals surface area contributed by atoms with Gasteiger partial charge in [0.2, 0.25) is 0 Å². The van der Waals surface area contributed by atoms with Crippen molar-refractivity contribution in [1.29, 1.82) is 0 Å². The van der Waals surface area contributed by atoms with Gasteiger partial charge in [-0.05, 0) is 41.5 Å². The monoisotopic (exact) mass is 296 g/mol. The van der Waals surface area contributed by atoms with Crippen LogP contribution in [0.2, 0.25) is 0 Å². The number of rotatable bonds is 3. The molecule has 0 bridgehead atoms. The van der Waals surface area contributed by atoms with Crippen LogP contribution >= 0.6 is 0 Å². The Morgan fingerprint density at radius 3 is 2.32 bits per heavy atom. The Bertz CT molecular complexity index is 771. The molecule has 1 heterocycles. The first kappa shape index (κ1) is 14.2. The van der Waals surface area contributed by atoms with Crippen LogP contribution in [0, 0.1) is 11.6 Å². The van der Waals surface area contributed by atoms with E-state index >= 15 is 0 Å². The molecular weight excluding hydrogens is 282 g/mol. The lowest BCUT2D eigenvalue weighted by Crippen LogP contribution is -2.11. The van der Waals surface area contributed by atoms with Crippen molar-refractivity contribution >= 4 is 11.4 Å². The highest BCUT2D eigenvalue weighted by Gasteiger charge is 2.10. The number of anilines is 2. The highest BCUT2D eigenvalue weighted by atomic mass is 19.1. The zero-order valence-electron chi connectivity index (χ0n) is 12.0. The molecule has 0 aliphatic carbocycles. The summed E-state index contributed by atoms with van der Waals surface area (Å²) in [4.78, 5) is 5.77. The van der Waals surface area contributed by atoms with Crippen LogP contribution in [0.5, 0.6) is 0 Å². The zero-order chi connectivity index (χ0) is 15.5. The molecule has 3 aromatic rings. The highest BCUT2D eigenvalue weighted by Crippen LogP contribution is 2.28. The predicted octanol–water partition coefficient (Wildman–Crippen LogP) is 4.79. The minimum atomic E-state index is -0.584. The van der Waals surface area contributed by atoms with Gasteiger partial charge in [0.05, 0.1) is 5.69 Å². The number of halogens is 2. The molecule has 110 valence electrons. The molecule has 22 heavy (non-hydrogen) atoms. The summed E-state index contributed by atoms with van der Waals surface area (Å²) < 4.78 is 26.8. The predicted molar refractivity (Wildman–Crippen MR) is 84.1 cm³/mol. The fraction of sp³-hybridized carbons (Fsp3) is 0.0556. The number of hydrogen-bond donors (Lipinski definition) is 0. The molecule has 0 fully saturated rings. The first-order chi connectivity index (χ1) is 10.6. The van der Waals surface area contributed by atoms with Crippen molar-refractivity contribution in [2.75, 3.05) is 11.9 Å². The van der Waals surface area contributed by atoms with Crippen LogP contribution in [0.1, 0.15) is 0 Å². The third kappa shape index (κ3) is 2.81. The highest BCUT2D eigenvalue weighted by molar-refractivity contribution is 5.69. The van der Waals surface area contributed by atoms with Crippen molar-refractivity contribution in [1.82, 2.24) is 4.98 Å². The van der Waals surface area contributed by atoms with Crippen molar-refractivity contribution in [2.24, 2.45) is 0 Å². The summed E-state index contributed by atoms with van der Waals surface area (Å²) in [5, 5.41) is 0. The van der Waals surface area contributed by atoms with E-state index in [1.54, 1.807) is 24.3 Å². The second-order valence-corrected chi connectivity index (χ2v) is 4.94. The van der Waals surface area contributed by atoms with E-state index in [1.807, 2.05) is 36.4 Å². The summed E-state index contributed by atoms with van der Waals surface area (Å²) in [7, 11) is 1.75. The van der Waals surface area contributed by atoms with Crippen molar-refractivity contribution in [3.8, 4) is 11.1 Å². The standard InChI is InChI=1S/C18H14F2N2/c1-22(18-9-6-15(19)11-17(18)20)16-7-4-13(5-8-16)14-3-2-10-21-12-14/h2-12H,1H3. The van der Waals surface area contributed by atoms with E-state index in [-0.39, 0.29) is 0 Å². The molecular formula is C18H14F2N2. The van der Waals surface area contributed by atoms with Crippen LogP contribution < -0.4 is 4.90 Å². The van der Waals surface area contributed by atoms with Crippen LogP contribution in [0.4, 0.5) is 20.2 Å². The van der Waals surface area contributed by atoms with E-state index in [1.165, 1.54) is 12.1 Å². The molecule has 0 saturated heterocycles. The van der Waals surface area contributed by atoms with E-state index in [2.05, 4.69) is 4.98 Å². The fourth-order valence-electron chi connectivity index (χ4n) is 2.30. The molecule has 0 radical (unpaired) electrons. The second-order valence-electron chi connectivity index (χ2n) is 4.94. The number of benzene rings is 2. The van der Waals surface area contributed by atoms with Crippen LogP contribution in [0.25, 0.3) is 11.1 Å². The normalized spacial score (nSPS) is 10.5. The Morgan fingerprint density at radius 1 is 0.909 bits per heavy atom. The largest absolute Gasteiger partial charge is 0.342 e. The summed E-state index contributed by atoms with van der Waals surface area (Å²) in [6.07, 6.45) is 3.52. The number of pyridine rings is 1. The van der Waals surface area contributed by atoms with E-state index in [0.717, 1.165) is 22.9 Å². The Balaban J connectivity index is 1.89. The second kappa shape index (κ2) is 5.93. The third-order valence-electron chi connectivity index (χ3n) is 3.52. The van der Waals surface area contributed by atoms with Crippen LogP contribution in [0.15, 0.2) is 67.0 Å². The van der Waals surface area contributed by atoms with Gasteiger partial charge in [0, 0.05) is 31.2 Å². The summed E-state index contributed by atoms with van der Waals surface area (Å²) >= 11 is 0. The zero-order valence-corrected chi connectivity index (χ0v) is 12.0. The molecule has 0 atom stereocenters. The molecule has 0 aliphatic rings. The van der Waals surface area contributed by atoms with Gasteiger partial charge in [-0.25, -0.2) is 8.78 Å². The van der Waals surface area contributed by atoms with Gasteiger partial charge in [0.15, 0.2) is 0 Å². The molecule has 0 spiro atoms. The minimum Gasteiger partial charge on any atom is -0.342 e. The van der Waals surface area contributed by atoms with Gasteiger partial charge in [-0.15, -0.1) is 0 Å². The molecule has 0 saturated carbocycles. The summed E-state index contributed by atoms with van der Waals surface area (Å²) in [6.45, 7) is 0. The summed E-state index contributed by atoms with van der Waals surface area (Å²) in [5.74, 6) is -1.17. The number of nitrogens with zero attached hydrogens (tertiary/aromatic N) is 2. The van der Waals surface area contributed by atoms with Gasteiger partial charge in [-0.3, -0.25) is 4.98 Å². The average Bonchev–Trinajstić information content (AvgIpc) is 2.55. The van der Waals surface area contributed by atoms with Gasteiger partial charge in [-0.1, -0.05) is 18.2 Å². The third-order valence-corrected chi connectivity index (χ3v) is 3.52. The van der Waals surface area contributed by atoms with E-state index in [9.17, 15) is 8.78 Å². The fourth-order valence-corrected chi connectivity index (χ4v) is 2.30. The van der Waals surface area contributed by atoms with Gasteiger partial charge in [0.1, 0.15) is 11.6 Å². The van der Waals surface area contributed by atoms with Crippen molar-refractivity contribution < 1.29 is 8.78 Å². The van der Waals surface area contributed by atoms with Gasteiger partial charge in [0.25, 0.3) is 0 Å². The molecule has 0 N–H and O–H groups in total. The smallest absolute Gasteiger partial charge is 0.149 e. The summed E-state index contributed by atoms with van der Waals surface area (Å²) in [5.41, 5.74) is 3.20. The number of hydrogen-bond acceptors (Lipinski definition) is 2. The number of aromatic nitrogens is 1. The van der Waals surface area contributed by atoms with Crippen molar-refractivity contribution in [3.05, 3.63) is 78.6 Å². The van der Waals surface area contributed by atoms with Crippen LogP contribution in [0.3, 0.4) is 0 Å². The minimum absolute atomic E-state index is 0.329. The maximum absolute atomic E-state index is 13.8. The SMILES string of the molecule is CN(c1ccc(-c2cccnc2)cc1)c1ccc(F)cc1F. The molecule has 4 heteroatoms. The molecule has 0 amide bonds. The molecule has 0 unspecified atom stereocenters. The lowest BCUT2D eigenvalue weighted by Gasteiger charge is -2.20. The molecule has 2 aromatic carbocycles. The van der Waals surface area contributed by atoms with Crippen LogP contribution in [-0.2, 0) is 0 Å². The quantitative estimate of drug-likeness (QED) is 0.690. The maximum Gasteiger partial charge on any atom is 0.149 e. The first-order valence-corrected chi connectivity index (χ1v) is 6.84. The lowest BCUT2D eigenvalue weighted by atomic mass is 10.1. The Labute approximate surface area is 127 Å². The average molecular weight is 296 g/mol. The Kier molecular flexibility index (Phi) is 3.83. The van der Waals surface area contributed by atoms with E-state index < -0.39 is 11.6 Å². The van der Waals surface area contributed by atoms with Gasteiger partial charge in [-0.2, -0.15) is 0 Å². The Hall–Kier alpha value is -2.75. The lowest BCUT2D eigenvalue weighted by molar-refractivity contribution is 0.583. The van der Waals surface area contributed by atoms with Gasteiger partial charge >= 0.3 is 0 Å². The van der Waals surface area contributed by atoms with E-state index in [0.29, 0.717) is 5.69 Å². The Morgan fingerprint density at radius 2 is 1.68 bits per heavy atom. The molecule has 1 aromatic heterocycles. The van der Waals surface area contributed by atoms with E-state index in [4.69, 9.17) is 0 Å². The topological polar surface area (TPSA) is 16.1 Å². The molecule has 2 nitrogen and oxygen atoms in total. The first-order valence-electron chi connectivity index (χ1n) is 6.84. The van der Waals surface area contributed by atoms with Crippen LogP contribution in [-0.4, -0.2) is 12.0 Å². The maximum atomic E-state index is 13.8. The summed E-state index contributed by atoms with van der Waals surface area (Å²) in [6, 6.07) is 15.1. The van der Waals surface area contributed by atoms with Crippen molar-refractivity contribution in [2.45, 2.75) is 0 Å². The van der Waals surface area contributed by atoms with Gasteiger partial charge < -0.3 is 4.90 Å².